The minimum absolute atomic E-state index is 0.0401. The predicted octanol–water partition coefficient (Wildman–Crippen LogP) is 2.08. The summed E-state index contributed by atoms with van der Waals surface area (Å²) in [4.78, 5) is 16.1. The molecular weight excluding hydrogens is 252 g/mol. The van der Waals surface area contributed by atoms with Crippen molar-refractivity contribution in [3.05, 3.63) is 11.1 Å². The molecule has 0 spiro atoms. The van der Waals surface area contributed by atoms with Gasteiger partial charge >= 0.3 is 6.09 Å². The molecule has 0 atom stereocenters. The van der Waals surface area contributed by atoms with Gasteiger partial charge < -0.3 is 9.84 Å². The Morgan fingerprint density at radius 2 is 2.44 bits per heavy atom. The van der Waals surface area contributed by atoms with Gasteiger partial charge in [0.2, 0.25) is 0 Å². The van der Waals surface area contributed by atoms with Gasteiger partial charge in [-0.25, -0.2) is 9.78 Å². The molecule has 18 heavy (non-hydrogen) atoms. The molecule has 0 aliphatic carbocycles. The van der Waals surface area contributed by atoms with Crippen LogP contribution in [-0.4, -0.2) is 29.4 Å². The zero-order chi connectivity index (χ0) is 13.4. The molecule has 0 saturated carbocycles. The highest BCUT2D eigenvalue weighted by Crippen LogP contribution is 2.17. The molecule has 98 valence electrons. The highest BCUT2D eigenvalue weighted by Gasteiger charge is 2.07. The summed E-state index contributed by atoms with van der Waals surface area (Å²) in [5.74, 6) is 5.93. The van der Waals surface area contributed by atoms with Gasteiger partial charge in [-0.05, 0) is 5.92 Å². The van der Waals surface area contributed by atoms with Crippen LogP contribution in [0.4, 0.5) is 9.93 Å². The molecule has 0 aliphatic heterocycles. The summed E-state index contributed by atoms with van der Waals surface area (Å²) in [6.07, 6.45) is 1.50. The van der Waals surface area contributed by atoms with E-state index in [2.05, 4.69) is 22.1 Å². The van der Waals surface area contributed by atoms with Gasteiger partial charge in [-0.3, -0.25) is 5.32 Å². The van der Waals surface area contributed by atoms with Gasteiger partial charge in [0, 0.05) is 6.42 Å². The van der Waals surface area contributed by atoms with Gasteiger partial charge in [0.25, 0.3) is 0 Å². The molecule has 0 aromatic carbocycles. The molecule has 1 aromatic rings. The fourth-order valence-electron chi connectivity index (χ4n) is 0.961. The number of ether oxygens (including phenoxy) is 1. The van der Waals surface area contributed by atoms with Crippen molar-refractivity contribution in [1.82, 2.24) is 4.98 Å². The quantitative estimate of drug-likeness (QED) is 0.820. The van der Waals surface area contributed by atoms with E-state index in [0.717, 1.165) is 4.88 Å². The number of carbonyl (C=O) groups excluding carboxylic acids is 1. The molecule has 0 saturated heterocycles. The number of thiazole rings is 1. The van der Waals surface area contributed by atoms with Gasteiger partial charge in [-0.2, -0.15) is 0 Å². The molecule has 0 fully saturated rings. The molecule has 1 rings (SSSR count). The third kappa shape index (κ3) is 5.66. The monoisotopic (exact) mass is 268 g/mol. The molecule has 2 N–H and O–H groups in total. The third-order valence-corrected chi connectivity index (χ3v) is 2.54. The molecule has 1 amide bonds. The summed E-state index contributed by atoms with van der Waals surface area (Å²) in [7, 11) is 0. The number of nitrogens with zero attached hydrogens (tertiary/aromatic N) is 1. The Balaban J connectivity index is 2.44. The molecule has 1 heterocycles. The van der Waals surface area contributed by atoms with Crippen molar-refractivity contribution in [3.8, 4) is 11.8 Å². The maximum atomic E-state index is 11.4. The number of hydrogen-bond donors (Lipinski definition) is 2. The molecule has 0 bridgehead atoms. The van der Waals surface area contributed by atoms with Crippen LogP contribution in [0.15, 0.2) is 6.20 Å². The average Bonchev–Trinajstić information content (AvgIpc) is 2.74. The lowest BCUT2D eigenvalue weighted by molar-refractivity contribution is 0.147. The zero-order valence-corrected chi connectivity index (χ0v) is 11.2. The van der Waals surface area contributed by atoms with E-state index in [1.807, 2.05) is 13.8 Å². The summed E-state index contributed by atoms with van der Waals surface area (Å²) in [5, 5.41) is 11.6. The number of hydrogen-bond acceptors (Lipinski definition) is 5. The van der Waals surface area contributed by atoms with Crippen molar-refractivity contribution < 1.29 is 14.6 Å². The standard InChI is InChI=1S/C12H16N2O3S/c1-9(2)8-17-12(16)14-11-13-7-10(18-11)5-3-4-6-15/h7,9,15H,4,6,8H2,1-2H3,(H,13,14,16). The maximum Gasteiger partial charge on any atom is 0.413 e. The van der Waals surface area contributed by atoms with E-state index < -0.39 is 6.09 Å². The Bertz CT molecular complexity index is 446. The summed E-state index contributed by atoms with van der Waals surface area (Å²) in [5.41, 5.74) is 0. The SMILES string of the molecule is CC(C)COC(=O)Nc1ncc(C#CCCO)s1. The smallest absolute Gasteiger partial charge is 0.413 e. The number of rotatable bonds is 4. The van der Waals surface area contributed by atoms with Crippen LogP contribution in [0.2, 0.25) is 0 Å². The van der Waals surface area contributed by atoms with Gasteiger partial charge in [0.15, 0.2) is 5.13 Å². The average molecular weight is 268 g/mol. The first kappa shape index (κ1) is 14.5. The Hall–Kier alpha value is -1.58. The Labute approximate surface area is 110 Å². The lowest BCUT2D eigenvalue weighted by Gasteiger charge is -2.06. The third-order valence-electron chi connectivity index (χ3n) is 1.71. The van der Waals surface area contributed by atoms with Crippen molar-refractivity contribution in [2.75, 3.05) is 18.5 Å². The van der Waals surface area contributed by atoms with Gasteiger partial charge in [0.05, 0.1) is 24.3 Å². The van der Waals surface area contributed by atoms with E-state index >= 15 is 0 Å². The number of amides is 1. The summed E-state index contributed by atoms with van der Waals surface area (Å²) >= 11 is 1.27. The molecule has 0 radical (unpaired) electrons. The molecule has 0 unspecified atom stereocenters. The van der Waals surface area contributed by atoms with Crippen molar-refractivity contribution in [2.24, 2.45) is 5.92 Å². The van der Waals surface area contributed by atoms with Crippen molar-refractivity contribution >= 4 is 22.6 Å². The lowest BCUT2D eigenvalue weighted by Crippen LogP contribution is -2.16. The van der Waals surface area contributed by atoms with E-state index in [0.29, 0.717) is 24.1 Å². The minimum atomic E-state index is -0.507. The van der Waals surface area contributed by atoms with Crippen molar-refractivity contribution in [3.63, 3.8) is 0 Å². The second kappa shape index (κ2) is 7.69. The van der Waals surface area contributed by atoms with Crippen LogP contribution in [-0.2, 0) is 4.74 Å². The van der Waals surface area contributed by atoms with Crippen LogP contribution < -0.4 is 5.32 Å². The predicted molar refractivity (Wildman–Crippen MR) is 70.5 cm³/mol. The largest absolute Gasteiger partial charge is 0.449 e. The molecule has 5 nitrogen and oxygen atoms in total. The number of nitrogens with one attached hydrogen (secondary N) is 1. The zero-order valence-electron chi connectivity index (χ0n) is 10.4. The first-order chi connectivity index (χ1) is 8.61. The number of aliphatic hydroxyl groups is 1. The van der Waals surface area contributed by atoms with Crippen LogP contribution >= 0.6 is 11.3 Å². The van der Waals surface area contributed by atoms with Crippen LogP contribution in [0.5, 0.6) is 0 Å². The fraction of sp³-hybridized carbons (Fsp3) is 0.500. The Morgan fingerprint density at radius 1 is 1.67 bits per heavy atom. The molecule has 0 aliphatic rings. The number of aromatic nitrogens is 1. The number of aliphatic hydroxyl groups excluding tert-OH is 1. The van der Waals surface area contributed by atoms with E-state index in [-0.39, 0.29) is 6.61 Å². The van der Waals surface area contributed by atoms with E-state index in [9.17, 15) is 4.79 Å². The second-order valence-corrected chi connectivity index (χ2v) is 4.95. The fourth-order valence-corrected chi connectivity index (χ4v) is 1.64. The Kier molecular flexibility index (Phi) is 6.19. The van der Waals surface area contributed by atoms with Crippen LogP contribution in [0, 0.1) is 17.8 Å². The first-order valence-electron chi connectivity index (χ1n) is 5.61. The van der Waals surface area contributed by atoms with Crippen LogP contribution in [0.25, 0.3) is 0 Å². The molecular formula is C12H16N2O3S. The summed E-state index contributed by atoms with van der Waals surface area (Å²) in [6, 6.07) is 0. The van der Waals surface area contributed by atoms with Crippen LogP contribution in [0.3, 0.4) is 0 Å². The van der Waals surface area contributed by atoms with Crippen molar-refractivity contribution in [1.29, 1.82) is 0 Å². The molecule has 1 aromatic heterocycles. The Morgan fingerprint density at radius 3 is 3.11 bits per heavy atom. The highest BCUT2D eigenvalue weighted by atomic mass is 32.1. The van der Waals surface area contributed by atoms with Crippen LogP contribution in [0.1, 0.15) is 25.1 Å². The summed E-state index contributed by atoms with van der Waals surface area (Å²) < 4.78 is 4.96. The molecule has 6 heteroatoms. The van der Waals surface area contributed by atoms with Gasteiger partial charge in [-0.15, -0.1) is 0 Å². The second-order valence-electron chi connectivity index (χ2n) is 3.92. The highest BCUT2D eigenvalue weighted by molar-refractivity contribution is 7.16. The van der Waals surface area contributed by atoms with Crippen molar-refractivity contribution in [2.45, 2.75) is 20.3 Å². The van der Waals surface area contributed by atoms with Gasteiger partial charge in [-0.1, -0.05) is 37.0 Å². The topological polar surface area (TPSA) is 71.5 Å². The van der Waals surface area contributed by atoms with E-state index in [1.165, 1.54) is 11.3 Å². The van der Waals surface area contributed by atoms with E-state index in [1.54, 1.807) is 6.20 Å². The first-order valence-corrected chi connectivity index (χ1v) is 6.42. The normalized spacial score (nSPS) is 9.78. The maximum absolute atomic E-state index is 11.4. The minimum Gasteiger partial charge on any atom is -0.449 e. The summed E-state index contributed by atoms with van der Waals surface area (Å²) in [6.45, 7) is 4.34. The van der Waals surface area contributed by atoms with Gasteiger partial charge in [0.1, 0.15) is 0 Å². The van der Waals surface area contributed by atoms with E-state index in [4.69, 9.17) is 9.84 Å². The number of carbonyl (C=O) groups is 1. The lowest BCUT2D eigenvalue weighted by atomic mass is 10.2. The number of anilines is 1.